The maximum absolute atomic E-state index is 5.46. The maximum atomic E-state index is 5.46. The van der Waals surface area contributed by atoms with Crippen LogP contribution in [-0.4, -0.2) is 6.54 Å². The van der Waals surface area contributed by atoms with Crippen molar-refractivity contribution in [3.05, 3.63) is 35.4 Å². The molecule has 0 spiro atoms. The lowest BCUT2D eigenvalue weighted by atomic mass is 9.84. The van der Waals surface area contributed by atoms with E-state index in [-0.39, 0.29) is 0 Å². The van der Waals surface area contributed by atoms with Crippen molar-refractivity contribution in [1.82, 2.24) is 0 Å². The van der Waals surface area contributed by atoms with Gasteiger partial charge < -0.3 is 5.73 Å². The van der Waals surface area contributed by atoms with Gasteiger partial charge >= 0.3 is 0 Å². The summed E-state index contributed by atoms with van der Waals surface area (Å²) in [6, 6.07) is 8.92. The molecule has 102 valence electrons. The van der Waals surface area contributed by atoms with Crippen molar-refractivity contribution >= 4 is 0 Å². The number of hydrogen-bond acceptors (Lipinski definition) is 1. The van der Waals surface area contributed by atoms with Crippen LogP contribution in [-0.2, 0) is 0 Å². The Morgan fingerprint density at radius 2 is 1.74 bits per heavy atom. The standard InChI is InChI=1S/C18H25N/c19-15-7-2-1-4-8-16-11-13-18(14-12-16)17-9-5-3-6-10-17/h11-14,17H,1-3,5-7,9-10,15,19H2. The van der Waals surface area contributed by atoms with Crippen LogP contribution in [0.5, 0.6) is 0 Å². The molecule has 1 aromatic rings. The highest BCUT2D eigenvalue weighted by Gasteiger charge is 2.14. The molecule has 1 aromatic carbocycles. The molecule has 1 nitrogen and oxygen atoms in total. The van der Waals surface area contributed by atoms with Gasteiger partial charge in [0.05, 0.1) is 0 Å². The van der Waals surface area contributed by atoms with Crippen LogP contribution < -0.4 is 5.73 Å². The van der Waals surface area contributed by atoms with E-state index in [4.69, 9.17) is 5.73 Å². The Kier molecular flexibility index (Phi) is 5.98. The molecule has 0 radical (unpaired) electrons. The summed E-state index contributed by atoms with van der Waals surface area (Å²) in [5, 5.41) is 0. The maximum Gasteiger partial charge on any atom is 0.0245 e. The van der Waals surface area contributed by atoms with E-state index in [1.165, 1.54) is 37.7 Å². The number of nitrogens with two attached hydrogens (primary N) is 1. The molecule has 1 heteroatoms. The van der Waals surface area contributed by atoms with Crippen LogP contribution in [0.4, 0.5) is 0 Å². The summed E-state index contributed by atoms with van der Waals surface area (Å²) in [6.45, 7) is 0.776. The van der Waals surface area contributed by atoms with Gasteiger partial charge in [0.2, 0.25) is 0 Å². The van der Waals surface area contributed by atoms with Crippen molar-refractivity contribution in [2.75, 3.05) is 6.54 Å². The monoisotopic (exact) mass is 255 g/mol. The molecular weight excluding hydrogens is 230 g/mol. The van der Waals surface area contributed by atoms with Gasteiger partial charge in [-0.25, -0.2) is 0 Å². The highest BCUT2D eigenvalue weighted by Crippen LogP contribution is 2.32. The molecular formula is C18H25N. The quantitative estimate of drug-likeness (QED) is 0.633. The van der Waals surface area contributed by atoms with Gasteiger partial charge in [-0.3, -0.25) is 0 Å². The van der Waals surface area contributed by atoms with Gasteiger partial charge in [0.25, 0.3) is 0 Å². The van der Waals surface area contributed by atoms with Crippen molar-refractivity contribution in [2.24, 2.45) is 5.73 Å². The summed E-state index contributed by atoms with van der Waals surface area (Å²) in [5.74, 6) is 7.26. The Balaban J connectivity index is 1.87. The minimum atomic E-state index is 0.776. The lowest BCUT2D eigenvalue weighted by Crippen LogP contribution is -2.04. The van der Waals surface area contributed by atoms with Crippen molar-refractivity contribution in [3.8, 4) is 11.8 Å². The van der Waals surface area contributed by atoms with Crippen molar-refractivity contribution < 1.29 is 0 Å². The Bertz CT molecular complexity index is 415. The molecule has 0 amide bonds. The van der Waals surface area contributed by atoms with E-state index in [1.54, 1.807) is 0 Å². The van der Waals surface area contributed by atoms with Gasteiger partial charge in [-0.15, -0.1) is 0 Å². The van der Waals surface area contributed by atoms with Gasteiger partial charge in [0.1, 0.15) is 0 Å². The third-order valence-corrected chi connectivity index (χ3v) is 3.98. The predicted molar refractivity (Wildman–Crippen MR) is 82.1 cm³/mol. The lowest BCUT2D eigenvalue weighted by molar-refractivity contribution is 0.443. The fraction of sp³-hybridized carbons (Fsp3) is 0.556. The number of unbranched alkanes of at least 4 members (excludes halogenated alkanes) is 2. The molecule has 1 fully saturated rings. The SMILES string of the molecule is NCCCCC#Cc1ccc(C2CCCCC2)cc1. The van der Waals surface area contributed by atoms with E-state index in [2.05, 4.69) is 36.1 Å². The molecule has 2 rings (SSSR count). The number of rotatable bonds is 4. The third-order valence-electron chi connectivity index (χ3n) is 3.98. The Labute approximate surface area is 117 Å². The normalized spacial score (nSPS) is 15.8. The highest BCUT2D eigenvalue weighted by atomic mass is 14.5. The Morgan fingerprint density at radius 3 is 2.42 bits per heavy atom. The first-order valence-electron chi connectivity index (χ1n) is 7.69. The van der Waals surface area contributed by atoms with E-state index in [0.717, 1.165) is 37.3 Å². The zero-order chi connectivity index (χ0) is 13.3. The number of benzene rings is 1. The largest absolute Gasteiger partial charge is 0.330 e. The summed E-state index contributed by atoms with van der Waals surface area (Å²) in [6.07, 6.45) is 10.1. The predicted octanol–water partition coefficient (Wildman–Crippen LogP) is 4.21. The number of hydrogen-bond donors (Lipinski definition) is 1. The second kappa shape index (κ2) is 8.02. The minimum absolute atomic E-state index is 0.776. The third kappa shape index (κ3) is 4.73. The van der Waals surface area contributed by atoms with Gasteiger partial charge in [0.15, 0.2) is 0 Å². The average molecular weight is 255 g/mol. The molecule has 1 aliphatic rings. The first kappa shape index (κ1) is 14.2. The van der Waals surface area contributed by atoms with E-state index in [1.807, 2.05) is 0 Å². The molecule has 0 bridgehead atoms. The second-order valence-corrected chi connectivity index (χ2v) is 5.50. The van der Waals surface area contributed by atoms with Gasteiger partial charge in [-0.2, -0.15) is 0 Å². The molecule has 0 saturated heterocycles. The summed E-state index contributed by atoms with van der Waals surface area (Å²) in [5.41, 5.74) is 8.11. The Morgan fingerprint density at radius 1 is 1.00 bits per heavy atom. The van der Waals surface area contributed by atoms with Crippen LogP contribution in [0.3, 0.4) is 0 Å². The first-order valence-corrected chi connectivity index (χ1v) is 7.69. The van der Waals surface area contributed by atoms with Crippen LogP contribution in [0.2, 0.25) is 0 Å². The van der Waals surface area contributed by atoms with Gasteiger partial charge in [-0.1, -0.05) is 43.2 Å². The topological polar surface area (TPSA) is 26.0 Å². The van der Waals surface area contributed by atoms with Crippen LogP contribution in [0.25, 0.3) is 0 Å². The molecule has 19 heavy (non-hydrogen) atoms. The summed E-state index contributed by atoms with van der Waals surface area (Å²) in [4.78, 5) is 0. The minimum Gasteiger partial charge on any atom is -0.330 e. The molecule has 1 aliphatic carbocycles. The molecule has 0 atom stereocenters. The Hall–Kier alpha value is -1.26. The van der Waals surface area contributed by atoms with Gasteiger partial charge in [0, 0.05) is 12.0 Å². The fourth-order valence-electron chi connectivity index (χ4n) is 2.80. The molecule has 2 N–H and O–H groups in total. The van der Waals surface area contributed by atoms with Crippen LogP contribution in [0.1, 0.15) is 68.4 Å². The molecule has 0 heterocycles. The van der Waals surface area contributed by atoms with Gasteiger partial charge in [-0.05, 0) is 55.8 Å². The highest BCUT2D eigenvalue weighted by molar-refractivity contribution is 5.37. The molecule has 0 aromatic heterocycles. The van der Waals surface area contributed by atoms with E-state index < -0.39 is 0 Å². The summed E-state index contributed by atoms with van der Waals surface area (Å²) >= 11 is 0. The van der Waals surface area contributed by atoms with E-state index in [0.29, 0.717) is 0 Å². The smallest absolute Gasteiger partial charge is 0.0245 e. The van der Waals surface area contributed by atoms with Crippen molar-refractivity contribution in [2.45, 2.75) is 57.3 Å². The zero-order valence-electron chi connectivity index (χ0n) is 11.8. The van der Waals surface area contributed by atoms with E-state index >= 15 is 0 Å². The van der Waals surface area contributed by atoms with E-state index in [9.17, 15) is 0 Å². The molecule has 0 unspecified atom stereocenters. The summed E-state index contributed by atoms with van der Waals surface area (Å²) in [7, 11) is 0. The average Bonchev–Trinajstić information content (AvgIpc) is 2.49. The molecule has 0 aliphatic heterocycles. The second-order valence-electron chi connectivity index (χ2n) is 5.50. The van der Waals surface area contributed by atoms with Crippen molar-refractivity contribution in [1.29, 1.82) is 0 Å². The fourth-order valence-corrected chi connectivity index (χ4v) is 2.80. The molecule has 1 saturated carbocycles. The lowest BCUT2D eigenvalue weighted by Gasteiger charge is -2.21. The first-order chi connectivity index (χ1) is 9.40. The van der Waals surface area contributed by atoms with Crippen LogP contribution in [0, 0.1) is 11.8 Å². The summed E-state index contributed by atoms with van der Waals surface area (Å²) < 4.78 is 0. The van der Waals surface area contributed by atoms with Crippen molar-refractivity contribution in [3.63, 3.8) is 0 Å². The van der Waals surface area contributed by atoms with Crippen LogP contribution in [0.15, 0.2) is 24.3 Å². The van der Waals surface area contributed by atoms with Crippen LogP contribution >= 0.6 is 0 Å². The zero-order valence-corrected chi connectivity index (χ0v) is 11.8.